The zero-order chi connectivity index (χ0) is 17.0. The van der Waals surface area contributed by atoms with Crippen LogP contribution in [-0.2, 0) is 4.79 Å². The van der Waals surface area contributed by atoms with Gasteiger partial charge in [-0.05, 0) is 36.8 Å². The number of thioether (sulfide) groups is 1. The van der Waals surface area contributed by atoms with E-state index in [9.17, 15) is 13.6 Å². The van der Waals surface area contributed by atoms with Gasteiger partial charge >= 0.3 is 0 Å². The van der Waals surface area contributed by atoms with Gasteiger partial charge in [-0.3, -0.25) is 4.79 Å². The summed E-state index contributed by atoms with van der Waals surface area (Å²) in [5, 5.41) is 7.43. The Hall–Kier alpha value is -2.39. The van der Waals surface area contributed by atoms with Crippen LogP contribution < -0.4 is 5.73 Å². The fraction of sp³-hybridized carbons (Fsp3) is 0.176. The maximum atomic E-state index is 13.8. The molecule has 3 nitrogen and oxygen atoms in total. The van der Waals surface area contributed by atoms with Crippen molar-refractivity contribution in [1.29, 1.82) is 5.26 Å². The van der Waals surface area contributed by atoms with Crippen LogP contribution in [0.15, 0.2) is 42.5 Å². The van der Waals surface area contributed by atoms with Crippen molar-refractivity contribution in [2.45, 2.75) is 17.4 Å². The highest BCUT2D eigenvalue weighted by atomic mass is 32.2. The molecule has 0 radical (unpaired) electrons. The van der Waals surface area contributed by atoms with E-state index in [1.807, 2.05) is 6.07 Å². The van der Waals surface area contributed by atoms with Gasteiger partial charge < -0.3 is 5.73 Å². The summed E-state index contributed by atoms with van der Waals surface area (Å²) in [4.78, 5) is 11.7. The number of nitrogens with zero attached hydrogens (tertiary/aromatic N) is 1. The topological polar surface area (TPSA) is 66.9 Å². The molecule has 0 aliphatic heterocycles. The van der Waals surface area contributed by atoms with Crippen LogP contribution in [-0.4, -0.2) is 5.91 Å². The number of halogens is 2. The largest absolute Gasteiger partial charge is 0.368 e. The van der Waals surface area contributed by atoms with Gasteiger partial charge in [0.15, 0.2) is 0 Å². The predicted molar refractivity (Wildman–Crippen MR) is 85.5 cm³/mol. The van der Waals surface area contributed by atoms with E-state index in [2.05, 4.69) is 0 Å². The van der Waals surface area contributed by atoms with E-state index < -0.39 is 28.0 Å². The Morgan fingerprint density at radius 3 is 2.22 bits per heavy atom. The minimum Gasteiger partial charge on any atom is -0.368 e. The SMILES string of the molecule is C[C@@H](S[C@H](C(N)=O)c1ccc(C#N)cc1)c1c(F)cccc1F. The highest BCUT2D eigenvalue weighted by Crippen LogP contribution is 2.41. The second-order valence-electron chi connectivity index (χ2n) is 4.93. The Kier molecular flexibility index (Phi) is 5.35. The van der Waals surface area contributed by atoms with Gasteiger partial charge in [-0.15, -0.1) is 11.8 Å². The smallest absolute Gasteiger partial charge is 0.235 e. The number of hydrogen-bond donors (Lipinski definition) is 1. The first-order valence-electron chi connectivity index (χ1n) is 6.82. The van der Waals surface area contributed by atoms with Crippen molar-refractivity contribution in [2.24, 2.45) is 5.73 Å². The molecule has 0 unspecified atom stereocenters. The Morgan fingerprint density at radius 1 is 1.17 bits per heavy atom. The monoisotopic (exact) mass is 332 g/mol. The Balaban J connectivity index is 2.29. The second-order valence-corrected chi connectivity index (χ2v) is 6.38. The van der Waals surface area contributed by atoms with Crippen LogP contribution in [0.1, 0.15) is 34.1 Å². The van der Waals surface area contributed by atoms with Crippen molar-refractivity contribution in [3.63, 3.8) is 0 Å². The first kappa shape index (κ1) is 17.0. The minimum atomic E-state index is -0.767. The van der Waals surface area contributed by atoms with Crippen LogP contribution in [0.4, 0.5) is 8.78 Å². The molecule has 23 heavy (non-hydrogen) atoms. The van der Waals surface area contributed by atoms with Crippen LogP contribution in [0.3, 0.4) is 0 Å². The lowest BCUT2D eigenvalue weighted by molar-refractivity contribution is -0.117. The molecule has 1 amide bonds. The molecule has 0 aromatic heterocycles. The third-order valence-electron chi connectivity index (χ3n) is 3.35. The average Bonchev–Trinajstić information content (AvgIpc) is 2.52. The molecule has 0 heterocycles. The standard InChI is InChI=1S/C17H14F2N2OS/c1-10(15-13(18)3-2-4-14(15)19)23-16(17(21)22)12-7-5-11(9-20)6-8-12/h2-8,10,16H,1H3,(H2,21,22)/t10-,16+/m1/s1. The molecule has 2 aromatic rings. The van der Waals surface area contributed by atoms with E-state index in [1.165, 1.54) is 18.2 Å². The molecule has 0 aliphatic rings. The molecule has 2 atom stereocenters. The first-order chi connectivity index (χ1) is 10.9. The molecular formula is C17H14F2N2OS. The van der Waals surface area contributed by atoms with E-state index in [-0.39, 0.29) is 5.56 Å². The number of nitriles is 1. The van der Waals surface area contributed by atoms with E-state index in [1.54, 1.807) is 31.2 Å². The summed E-state index contributed by atoms with van der Waals surface area (Å²) >= 11 is 1.06. The quantitative estimate of drug-likeness (QED) is 0.904. The van der Waals surface area contributed by atoms with Gasteiger partial charge in [0.1, 0.15) is 16.9 Å². The molecule has 2 N–H and O–H groups in total. The van der Waals surface area contributed by atoms with Gasteiger partial charge in [0.05, 0.1) is 11.6 Å². The maximum absolute atomic E-state index is 13.8. The predicted octanol–water partition coefficient (Wildman–Crippen LogP) is 3.86. The fourth-order valence-electron chi connectivity index (χ4n) is 2.21. The van der Waals surface area contributed by atoms with Crippen molar-refractivity contribution in [3.05, 3.63) is 70.8 Å². The van der Waals surface area contributed by atoms with Gasteiger partial charge in [-0.1, -0.05) is 18.2 Å². The summed E-state index contributed by atoms with van der Waals surface area (Å²) in [5.41, 5.74) is 6.39. The number of benzene rings is 2. The van der Waals surface area contributed by atoms with Crippen molar-refractivity contribution in [2.75, 3.05) is 0 Å². The molecule has 0 saturated carbocycles. The van der Waals surface area contributed by atoms with Crippen molar-refractivity contribution in [3.8, 4) is 6.07 Å². The molecule has 0 spiro atoms. The third kappa shape index (κ3) is 3.88. The molecule has 0 saturated heterocycles. The average molecular weight is 332 g/mol. The van der Waals surface area contributed by atoms with Crippen molar-refractivity contribution >= 4 is 17.7 Å². The van der Waals surface area contributed by atoms with Crippen LogP contribution in [0.25, 0.3) is 0 Å². The zero-order valence-corrected chi connectivity index (χ0v) is 13.1. The van der Waals surface area contributed by atoms with E-state index in [0.29, 0.717) is 11.1 Å². The van der Waals surface area contributed by atoms with Crippen LogP contribution >= 0.6 is 11.8 Å². The third-order valence-corrected chi connectivity index (χ3v) is 4.77. The Labute approximate surface area is 137 Å². The summed E-state index contributed by atoms with van der Waals surface area (Å²) in [7, 11) is 0. The molecule has 0 fully saturated rings. The maximum Gasteiger partial charge on any atom is 0.235 e. The minimum absolute atomic E-state index is 0.0857. The summed E-state index contributed by atoms with van der Waals surface area (Å²) in [6, 6.07) is 12.0. The van der Waals surface area contributed by atoms with Crippen LogP contribution in [0.2, 0.25) is 0 Å². The van der Waals surface area contributed by atoms with Gasteiger partial charge in [0, 0.05) is 10.8 Å². The Bertz CT molecular complexity index is 736. The molecule has 0 bridgehead atoms. The number of nitrogens with two attached hydrogens (primary N) is 1. The highest BCUT2D eigenvalue weighted by molar-refractivity contribution is 8.00. The van der Waals surface area contributed by atoms with Crippen LogP contribution in [0.5, 0.6) is 0 Å². The van der Waals surface area contributed by atoms with E-state index >= 15 is 0 Å². The lowest BCUT2D eigenvalue weighted by Gasteiger charge is -2.20. The molecule has 2 rings (SSSR count). The lowest BCUT2D eigenvalue weighted by Crippen LogP contribution is -2.20. The number of carbonyl (C=O) groups is 1. The van der Waals surface area contributed by atoms with E-state index in [4.69, 9.17) is 11.0 Å². The highest BCUT2D eigenvalue weighted by Gasteiger charge is 2.25. The van der Waals surface area contributed by atoms with E-state index in [0.717, 1.165) is 11.8 Å². The number of amides is 1. The normalized spacial score (nSPS) is 13.1. The van der Waals surface area contributed by atoms with Gasteiger partial charge in [0.2, 0.25) is 5.91 Å². The fourth-order valence-corrected chi connectivity index (χ4v) is 3.43. The van der Waals surface area contributed by atoms with Gasteiger partial charge in [-0.2, -0.15) is 5.26 Å². The molecule has 0 aliphatic carbocycles. The van der Waals surface area contributed by atoms with Gasteiger partial charge in [-0.25, -0.2) is 8.78 Å². The van der Waals surface area contributed by atoms with Crippen molar-refractivity contribution < 1.29 is 13.6 Å². The van der Waals surface area contributed by atoms with Crippen molar-refractivity contribution in [1.82, 2.24) is 0 Å². The summed E-state index contributed by atoms with van der Waals surface area (Å²) in [6.07, 6.45) is 0. The zero-order valence-electron chi connectivity index (χ0n) is 12.3. The molecule has 2 aromatic carbocycles. The first-order valence-corrected chi connectivity index (χ1v) is 7.77. The molecule has 118 valence electrons. The Morgan fingerprint density at radius 2 is 1.74 bits per heavy atom. The number of carbonyl (C=O) groups excluding carboxylic acids is 1. The van der Waals surface area contributed by atoms with Gasteiger partial charge in [0.25, 0.3) is 0 Å². The molecular weight excluding hydrogens is 318 g/mol. The summed E-state index contributed by atoms with van der Waals surface area (Å²) < 4.78 is 27.7. The number of rotatable bonds is 5. The number of primary amides is 1. The van der Waals surface area contributed by atoms with Crippen LogP contribution in [0, 0.1) is 23.0 Å². The summed E-state index contributed by atoms with van der Waals surface area (Å²) in [6.45, 7) is 1.62. The lowest BCUT2D eigenvalue weighted by atomic mass is 10.1. The number of hydrogen-bond acceptors (Lipinski definition) is 3. The molecule has 6 heteroatoms. The summed E-state index contributed by atoms with van der Waals surface area (Å²) in [5.74, 6) is -1.93. The second kappa shape index (κ2) is 7.25.